The predicted octanol–water partition coefficient (Wildman–Crippen LogP) is 5.16. The average molecular weight is 644 g/mol. The van der Waals surface area contributed by atoms with Crippen LogP contribution in [0.1, 0.15) is 26.3 Å². The van der Waals surface area contributed by atoms with Gasteiger partial charge in [0.2, 0.25) is 0 Å². The molecule has 4 rings (SSSR count). The summed E-state index contributed by atoms with van der Waals surface area (Å²) in [6.07, 6.45) is 1.83. The maximum Gasteiger partial charge on any atom is 0.328 e. The minimum absolute atomic E-state index is 0.00657. The van der Waals surface area contributed by atoms with Crippen LogP contribution in [0.3, 0.4) is 0 Å². The zero-order chi connectivity index (χ0) is 30.1. The summed E-state index contributed by atoms with van der Waals surface area (Å²) in [4.78, 5) is 14.7. The predicted molar refractivity (Wildman–Crippen MR) is 165 cm³/mol. The standard InChI is InChI=1S/C29H35BrN6O4S/c1-19-15-21(30)18-23(16-19)41(39,40)36(27(28(37)38)29(2,3)4)22-7-8-24-20(17-22)11-13-35(24)26-10-9-25(32-33-26)31-12-14-34(5)6/h7-11,13,15-18,27H,12,14H2,1-6H3,(H,31,32)(H,37,38). The Morgan fingerprint density at radius 1 is 1.07 bits per heavy atom. The molecular weight excluding hydrogens is 608 g/mol. The summed E-state index contributed by atoms with van der Waals surface area (Å²) in [6, 6.07) is 14.1. The molecule has 0 fully saturated rings. The van der Waals surface area contributed by atoms with E-state index in [1.807, 2.05) is 43.1 Å². The van der Waals surface area contributed by atoms with Gasteiger partial charge in [0, 0.05) is 29.1 Å². The summed E-state index contributed by atoms with van der Waals surface area (Å²) in [5, 5.41) is 22.9. The van der Waals surface area contributed by atoms with Gasteiger partial charge >= 0.3 is 5.97 Å². The number of benzene rings is 2. The highest BCUT2D eigenvalue weighted by atomic mass is 79.9. The molecule has 1 unspecified atom stereocenters. The van der Waals surface area contributed by atoms with E-state index in [2.05, 4.69) is 36.3 Å². The number of aryl methyl sites for hydroxylation is 1. The van der Waals surface area contributed by atoms with Gasteiger partial charge in [0.25, 0.3) is 10.0 Å². The van der Waals surface area contributed by atoms with Crippen molar-refractivity contribution in [3.8, 4) is 5.82 Å². The van der Waals surface area contributed by atoms with Gasteiger partial charge < -0.3 is 15.3 Å². The Morgan fingerprint density at radius 2 is 1.80 bits per heavy atom. The number of nitrogens with zero attached hydrogens (tertiary/aromatic N) is 5. The van der Waals surface area contributed by atoms with Crippen LogP contribution in [0.5, 0.6) is 0 Å². The lowest BCUT2D eigenvalue weighted by Crippen LogP contribution is -2.52. The Labute approximate surface area is 249 Å². The van der Waals surface area contributed by atoms with E-state index in [-0.39, 0.29) is 10.6 Å². The van der Waals surface area contributed by atoms with Gasteiger partial charge in [0.1, 0.15) is 11.9 Å². The Balaban J connectivity index is 1.77. The van der Waals surface area contributed by atoms with Gasteiger partial charge in [-0.1, -0.05) is 36.7 Å². The molecule has 0 aliphatic carbocycles. The number of carboxylic acid groups (broad SMARTS) is 1. The van der Waals surface area contributed by atoms with Crippen molar-refractivity contribution in [1.82, 2.24) is 19.7 Å². The number of hydrogen-bond acceptors (Lipinski definition) is 7. The molecule has 41 heavy (non-hydrogen) atoms. The molecule has 0 saturated heterocycles. The smallest absolute Gasteiger partial charge is 0.328 e. The average Bonchev–Trinajstić information content (AvgIpc) is 3.29. The second-order valence-corrected chi connectivity index (χ2v) is 14.0. The SMILES string of the molecule is Cc1cc(Br)cc(S(=O)(=O)N(c2ccc3c(ccn3-c3ccc(NCCN(C)C)nn3)c2)C(C(=O)O)C(C)(C)C)c1. The molecule has 0 amide bonds. The molecule has 10 nitrogen and oxygen atoms in total. The third kappa shape index (κ3) is 6.71. The van der Waals surface area contributed by atoms with Crippen LogP contribution < -0.4 is 9.62 Å². The fourth-order valence-corrected chi connectivity index (χ4v) is 7.31. The van der Waals surface area contributed by atoms with E-state index < -0.39 is 27.4 Å². The molecule has 2 aromatic heterocycles. The molecule has 4 aromatic rings. The van der Waals surface area contributed by atoms with Crippen molar-refractivity contribution in [2.24, 2.45) is 5.41 Å². The number of aromatic nitrogens is 3. The first-order chi connectivity index (χ1) is 19.2. The van der Waals surface area contributed by atoms with E-state index in [1.165, 1.54) is 6.07 Å². The maximum atomic E-state index is 14.1. The van der Waals surface area contributed by atoms with Crippen molar-refractivity contribution in [3.63, 3.8) is 0 Å². The molecule has 0 saturated carbocycles. The van der Waals surface area contributed by atoms with Gasteiger partial charge in [-0.05, 0) is 86.6 Å². The van der Waals surface area contributed by atoms with Crippen LogP contribution in [0, 0.1) is 12.3 Å². The number of anilines is 2. The summed E-state index contributed by atoms with van der Waals surface area (Å²) in [7, 11) is -0.275. The quantitative estimate of drug-likeness (QED) is 0.243. The van der Waals surface area contributed by atoms with Crippen LogP contribution in [0.25, 0.3) is 16.7 Å². The van der Waals surface area contributed by atoms with Crippen LogP contribution in [0.4, 0.5) is 11.5 Å². The van der Waals surface area contributed by atoms with Crippen molar-refractivity contribution in [3.05, 3.63) is 70.8 Å². The van der Waals surface area contributed by atoms with Gasteiger partial charge in [-0.15, -0.1) is 10.2 Å². The summed E-state index contributed by atoms with van der Waals surface area (Å²) < 4.78 is 31.8. The van der Waals surface area contributed by atoms with Crippen molar-refractivity contribution >= 4 is 54.3 Å². The molecule has 218 valence electrons. The number of carbonyl (C=O) groups is 1. The Morgan fingerprint density at radius 3 is 2.39 bits per heavy atom. The molecule has 0 aliphatic heterocycles. The van der Waals surface area contributed by atoms with Gasteiger partial charge in [-0.2, -0.15) is 0 Å². The minimum Gasteiger partial charge on any atom is -0.480 e. The molecule has 0 aliphatic rings. The Bertz CT molecular complexity index is 1640. The lowest BCUT2D eigenvalue weighted by molar-refractivity contribution is -0.140. The number of halogens is 1. The van der Waals surface area contributed by atoms with Crippen molar-refractivity contribution in [2.75, 3.05) is 36.8 Å². The van der Waals surface area contributed by atoms with Crippen LogP contribution in [-0.2, 0) is 14.8 Å². The van der Waals surface area contributed by atoms with Crippen molar-refractivity contribution < 1.29 is 18.3 Å². The van der Waals surface area contributed by atoms with Crippen LogP contribution in [0.2, 0.25) is 0 Å². The summed E-state index contributed by atoms with van der Waals surface area (Å²) >= 11 is 3.38. The zero-order valence-corrected chi connectivity index (χ0v) is 26.4. The minimum atomic E-state index is -4.28. The van der Waals surface area contributed by atoms with E-state index in [9.17, 15) is 18.3 Å². The topological polar surface area (TPSA) is 121 Å². The zero-order valence-electron chi connectivity index (χ0n) is 24.0. The van der Waals surface area contributed by atoms with Crippen LogP contribution in [0.15, 0.2) is 70.2 Å². The highest BCUT2D eigenvalue weighted by Gasteiger charge is 2.43. The van der Waals surface area contributed by atoms with E-state index in [0.29, 0.717) is 16.1 Å². The second-order valence-electron chi connectivity index (χ2n) is 11.3. The number of sulfonamides is 1. The van der Waals surface area contributed by atoms with E-state index >= 15 is 0 Å². The third-order valence-electron chi connectivity index (χ3n) is 6.55. The first-order valence-corrected chi connectivity index (χ1v) is 15.3. The van der Waals surface area contributed by atoms with E-state index in [0.717, 1.165) is 33.9 Å². The number of aliphatic carboxylic acids is 1. The largest absolute Gasteiger partial charge is 0.480 e. The number of likely N-dealkylation sites (N-methyl/N-ethyl adjacent to an activating group) is 1. The first-order valence-electron chi connectivity index (χ1n) is 13.1. The maximum absolute atomic E-state index is 14.1. The van der Waals surface area contributed by atoms with Crippen LogP contribution in [-0.4, -0.2) is 72.4 Å². The normalized spacial score (nSPS) is 13.0. The lowest BCUT2D eigenvalue weighted by Gasteiger charge is -2.37. The molecule has 2 heterocycles. The number of nitrogens with one attached hydrogen (secondary N) is 1. The van der Waals surface area contributed by atoms with Gasteiger partial charge in [-0.25, -0.2) is 13.2 Å². The molecule has 2 aromatic carbocycles. The molecule has 12 heteroatoms. The highest BCUT2D eigenvalue weighted by molar-refractivity contribution is 9.10. The summed E-state index contributed by atoms with van der Waals surface area (Å²) in [5.74, 6) is 0.0259. The highest BCUT2D eigenvalue weighted by Crippen LogP contribution is 2.37. The Kier molecular flexibility index (Phi) is 8.76. The first kappa shape index (κ1) is 30.5. The fraction of sp³-hybridized carbons (Fsp3) is 0.345. The van der Waals surface area contributed by atoms with E-state index in [1.54, 1.807) is 58.0 Å². The fourth-order valence-electron chi connectivity index (χ4n) is 4.64. The van der Waals surface area contributed by atoms with Crippen molar-refractivity contribution in [2.45, 2.75) is 38.6 Å². The summed E-state index contributed by atoms with van der Waals surface area (Å²) in [6.45, 7) is 8.53. The summed E-state index contributed by atoms with van der Waals surface area (Å²) in [5.41, 5.74) is 0.836. The number of rotatable bonds is 10. The van der Waals surface area contributed by atoms with Gasteiger partial charge in [-0.3, -0.25) is 8.87 Å². The number of carboxylic acids is 1. The number of fused-ring (bicyclic) bond motifs is 1. The van der Waals surface area contributed by atoms with Gasteiger partial charge in [0.15, 0.2) is 5.82 Å². The number of hydrogen-bond donors (Lipinski definition) is 2. The third-order valence-corrected chi connectivity index (χ3v) is 8.78. The van der Waals surface area contributed by atoms with Crippen molar-refractivity contribution in [1.29, 1.82) is 0 Å². The molecule has 2 N–H and O–H groups in total. The molecule has 0 radical (unpaired) electrons. The molecule has 1 atom stereocenters. The molecule has 0 spiro atoms. The van der Waals surface area contributed by atoms with Gasteiger partial charge in [0.05, 0.1) is 16.1 Å². The Hall–Kier alpha value is -3.48. The van der Waals surface area contributed by atoms with E-state index in [4.69, 9.17) is 0 Å². The van der Waals surface area contributed by atoms with Crippen LogP contribution >= 0.6 is 15.9 Å². The molecule has 0 bridgehead atoms. The molecular formula is C29H35BrN6O4S. The monoisotopic (exact) mass is 642 g/mol. The lowest BCUT2D eigenvalue weighted by atomic mass is 9.86. The second kappa shape index (κ2) is 11.8.